The molecule has 0 spiro atoms. The molecule has 0 rings (SSSR count). The van der Waals surface area contributed by atoms with Crippen molar-refractivity contribution in [3.8, 4) is 0 Å². The van der Waals surface area contributed by atoms with Crippen LogP contribution in [0.25, 0.3) is 0 Å². The van der Waals surface area contributed by atoms with Gasteiger partial charge in [0, 0.05) is 12.8 Å². The van der Waals surface area contributed by atoms with Crippen LogP contribution in [0.5, 0.6) is 0 Å². The van der Waals surface area contributed by atoms with E-state index >= 15 is 0 Å². The van der Waals surface area contributed by atoms with Crippen LogP contribution in [0.4, 0.5) is 0 Å². The van der Waals surface area contributed by atoms with Gasteiger partial charge in [-0.1, -0.05) is 0 Å². The fraction of sp³-hybridized carbons (Fsp3) is 1.00. The van der Waals surface area contributed by atoms with Gasteiger partial charge < -0.3 is 0 Å². The van der Waals surface area contributed by atoms with E-state index < -0.39 is 0 Å². The van der Waals surface area contributed by atoms with Crippen molar-refractivity contribution < 1.29 is 19.7 Å². The number of rotatable bonds is 6. The first-order valence-corrected chi connectivity index (χ1v) is 9.03. The molecule has 3 atom stereocenters. The highest BCUT2D eigenvalue weighted by atomic mass is 16.6. The fourth-order valence-corrected chi connectivity index (χ4v) is 3.83. The summed E-state index contributed by atoms with van der Waals surface area (Å²) in [5.74, 6) is 0. The first-order valence-electron chi connectivity index (χ1n) is 9.03. The second kappa shape index (κ2) is 6.62. The Morgan fingerprint density at radius 3 is 1.43 bits per heavy atom. The molecule has 0 aromatic carbocycles. The summed E-state index contributed by atoms with van der Waals surface area (Å²) >= 11 is 0. The van der Waals surface area contributed by atoms with E-state index in [9.17, 15) is 10.4 Å². The van der Waals surface area contributed by atoms with Crippen LogP contribution in [0.3, 0.4) is 0 Å². The molecule has 2 N–H and O–H groups in total. The van der Waals surface area contributed by atoms with E-state index in [-0.39, 0.29) is 38.0 Å². The SMILES string of the molecule is CC(C)[N+](O)(C(C)CCC(C)(C)[N+](C)(O)C(C)(C)C)C(C)(C)C. The summed E-state index contributed by atoms with van der Waals surface area (Å²) < 4.78 is 0.0170. The molecule has 0 aliphatic heterocycles. The monoisotopic (exact) mass is 332 g/mol. The average molecular weight is 333 g/mol. The van der Waals surface area contributed by atoms with Gasteiger partial charge in [-0.05, 0) is 76.2 Å². The Kier molecular flexibility index (Phi) is 6.58. The van der Waals surface area contributed by atoms with Crippen LogP contribution < -0.4 is 0 Å². The van der Waals surface area contributed by atoms with Crippen molar-refractivity contribution in [1.29, 1.82) is 0 Å². The van der Waals surface area contributed by atoms with Gasteiger partial charge in [0.1, 0.15) is 28.7 Å². The minimum Gasteiger partial charge on any atom is -0.216 e. The van der Waals surface area contributed by atoms with Crippen molar-refractivity contribution >= 4 is 0 Å². The number of quaternary nitrogens is 2. The zero-order valence-corrected chi connectivity index (χ0v) is 17.9. The summed E-state index contributed by atoms with van der Waals surface area (Å²) in [6.07, 6.45) is 1.71. The van der Waals surface area contributed by atoms with Crippen LogP contribution in [0.1, 0.15) is 89.0 Å². The molecule has 0 bridgehead atoms. The molecule has 0 heterocycles. The van der Waals surface area contributed by atoms with E-state index in [1.54, 1.807) is 0 Å². The molecule has 4 nitrogen and oxygen atoms in total. The zero-order chi connectivity index (χ0) is 19.1. The molecule has 3 unspecified atom stereocenters. The minimum absolute atomic E-state index is 0.0324. The highest BCUT2D eigenvalue weighted by Gasteiger charge is 2.51. The summed E-state index contributed by atoms with van der Waals surface area (Å²) in [6, 6.07) is 0.236. The van der Waals surface area contributed by atoms with Gasteiger partial charge in [0.15, 0.2) is 0 Å². The molecule has 0 aromatic rings. The van der Waals surface area contributed by atoms with Gasteiger partial charge in [-0.15, -0.1) is 0 Å². The smallest absolute Gasteiger partial charge is 0.124 e. The van der Waals surface area contributed by atoms with Gasteiger partial charge in [0.25, 0.3) is 0 Å². The minimum atomic E-state index is -0.286. The van der Waals surface area contributed by atoms with Crippen molar-refractivity contribution in [2.75, 3.05) is 7.05 Å². The fourth-order valence-electron chi connectivity index (χ4n) is 3.83. The molecule has 0 saturated heterocycles. The first-order chi connectivity index (χ1) is 9.82. The molecule has 0 amide bonds. The van der Waals surface area contributed by atoms with Crippen LogP contribution >= 0.6 is 0 Å². The van der Waals surface area contributed by atoms with Crippen LogP contribution in [0.2, 0.25) is 0 Å². The maximum Gasteiger partial charge on any atom is 0.124 e. The first kappa shape index (κ1) is 22.8. The Bertz CT molecular complexity index is 389. The van der Waals surface area contributed by atoms with Gasteiger partial charge in [-0.2, -0.15) is 9.29 Å². The molecule has 0 aliphatic rings. The Labute approximate surface area is 145 Å². The van der Waals surface area contributed by atoms with Crippen molar-refractivity contribution in [3.63, 3.8) is 0 Å². The van der Waals surface area contributed by atoms with Gasteiger partial charge in [-0.3, -0.25) is 0 Å². The Morgan fingerprint density at radius 2 is 1.17 bits per heavy atom. The van der Waals surface area contributed by atoms with Crippen LogP contribution in [-0.2, 0) is 0 Å². The predicted molar refractivity (Wildman–Crippen MR) is 97.4 cm³/mol. The molecule has 140 valence electrons. The van der Waals surface area contributed by atoms with E-state index in [0.717, 1.165) is 12.8 Å². The van der Waals surface area contributed by atoms with E-state index in [1.807, 2.05) is 7.05 Å². The summed E-state index contributed by atoms with van der Waals surface area (Å²) in [5.41, 5.74) is -0.773. The topological polar surface area (TPSA) is 40.5 Å². The predicted octanol–water partition coefficient (Wildman–Crippen LogP) is 4.98. The largest absolute Gasteiger partial charge is 0.216 e. The normalized spacial score (nSPS) is 21.0. The lowest BCUT2D eigenvalue weighted by Crippen LogP contribution is -2.68. The third-order valence-corrected chi connectivity index (χ3v) is 6.19. The molecule has 0 aromatic heterocycles. The van der Waals surface area contributed by atoms with E-state index in [1.165, 1.54) is 0 Å². The highest BCUT2D eigenvalue weighted by molar-refractivity contribution is 4.76. The quantitative estimate of drug-likeness (QED) is 0.532. The molecular formula is C19H44N2O2+2. The third-order valence-electron chi connectivity index (χ3n) is 6.19. The van der Waals surface area contributed by atoms with Gasteiger partial charge in [-0.25, -0.2) is 10.4 Å². The van der Waals surface area contributed by atoms with Crippen molar-refractivity contribution in [3.05, 3.63) is 0 Å². The summed E-state index contributed by atoms with van der Waals surface area (Å²) in [5, 5.41) is 22.4. The molecular weight excluding hydrogens is 288 g/mol. The van der Waals surface area contributed by atoms with Crippen LogP contribution in [0, 0.1) is 0 Å². The summed E-state index contributed by atoms with van der Waals surface area (Å²) in [6.45, 7) is 23.0. The Balaban J connectivity index is 5.31. The van der Waals surface area contributed by atoms with Gasteiger partial charge in [0.2, 0.25) is 0 Å². The average Bonchev–Trinajstić information content (AvgIpc) is 2.31. The van der Waals surface area contributed by atoms with E-state index in [2.05, 4.69) is 76.2 Å². The maximum atomic E-state index is 11.3. The van der Waals surface area contributed by atoms with Crippen molar-refractivity contribution in [1.82, 2.24) is 0 Å². The Hall–Kier alpha value is -0.160. The van der Waals surface area contributed by atoms with Crippen molar-refractivity contribution in [2.24, 2.45) is 0 Å². The molecule has 23 heavy (non-hydrogen) atoms. The molecule has 0 aliphatic carbocycles. The molecule has 4 heteroatoms. The lowest BCUT2D eigenvalue weighted by molar-refractivity contribution is -1.17. The number of hydroxylamine groups is 6. The third kappa shape index (κ3) is 4.28. The van der Waals surface area contributed by atoms with Gasteiger partial charge in [0.05, 0.1) is 7.05 Å². The Morgan fingerprint density at radius 1 is 0.783 bits per heavy atom. The maximum absolute atomic E-state index is 11.3. The second-order valence-corrected chi connectivity index (χ2v) is 10.3. The van der Waals surface area contributed by atoms with E-state index in [0.29, 0.717) is 0 Å². The van der Waals surface area contributed by atoms with Crippen LogP contribution in [0.15, 0.2) is 0 Å². The number of hydrogen-bond donors (Lipinski definition) is 2. The van der Waals surface area contributed by atoms with E-state index in [4.69, 9.17) is 0 Å². The van der Waals surface area contributed by atoms with Crippen molar-refractivity contribution in [2.45, 2.75) is 118 Å². The van der Waals surface area contributed by atoms with Crippen LogP contribution in [-0.4, -0.2) is 55.5 Å². The standard InChI is InChI=1S/C19H44N2O2/c1-15(2)21(23,18(7,8)9)16(3)13-14-19(10,11)20(12,22)17(4,5)6/h15-16,22-23H,13-14H2,1-12H3/q+2. The molecule has 0 saturated carbocycles. The summed E-state index contributed by atoms with van der Waals surface area (Å²) in [7, 11) is 1.89. The summed E-state index contributed by atoms with van der Waals surface area (Å²) in [4.78, 5) is 0. The second-order valence-electron chi connectivity index (χ2n) is 10.3. The lowest BCUT2D eigenvalue weighted by atomic mass is 9.87. The lowest BCUT2D eigenvalue weighted by Gasteiger charge is -2.51. The van der Waals surface area contributed by atoms with Gasteiger partial charge >= 0.3 is 0 Å². The zero-order valence-electron chi connectivity index (χ0n) is 17.9. The number of nitrogens with zero attached hydrogens (tertiary/aromatic N) is 2. The number of hydrogen-bond acceptors (Lipinski definition) is 2. The molecule has 0 radical (unpaired) electrons. The highest BCUT2D eigenvalue weighted by Crippen LogP contribution is 2.37. The molecule has 0 fully saturated rings.